The van der Waals surface area contributed by atoms with E-state index in [4.69, 9.17) is 25.8 Å². The normalized spacial score (nSPS) is 16.4. The molecule has 1 aliphatic rings. The highest BCUT2D eigenvalue weighted by Gasteiger charge is 2.47. The van der Waals surface area contributed by atoms with Crippen molar-refractivity contribution in [2.45, 2.75) is 19.9 Å². The molecular formula is C30H31ClN2O6. The molecule has 0 aliphatic carbocycles. The lowest BCUT2D eigenvalue weighted by Crippen LogP contribution is -2.29. The predicted octanol–water partition coefficient (Wildman–Crippen LogP) is 5.84. The van der Waals surface area contributed by atoms with Crippen LogP contribution >= 0.6 is 11.6 Å². The van der Waals surface area contributed by atoms with Gasteiger partial charge in [-0.1, -0.05) is 29.8 Å². The van der Waals surface area contributed by atoms with E-state index < -0.39 is 23.5 Å². The second kappa shape index (κ2) is 11.7. The van der Waals surface area contributed by atoms with Crippen LogP contribution in [0.2, 0.25) is 5.02 Å². The number of anilines is 2. The summed E-state index contributed by atoms with van der Waals surface area (Å²) in [5.41, 5.74) is 2.18. The van der Waals surface area contributed by atoms with Crippen LogP contribution in [0.5, 0.6) is 17.2 Å². The lowest BCUT2D eigenvalue weighted by atomic mass is 9.94. The number of nitrogens with zero attached hydrogens (tertiary/aromatic N) is 2. The number of aliphatic hydroxyl groups excluding tert-OH is 1. The maximum Gasteiger partial charge on any atom is 0.300 e. The lowest BCUT2D eigenvalue weighted by Gasteiger charge is -2.27. The number of rotatable bonds is 9. The van der Waals surface area contributed by atoms with Gasteiger partial charge in [0.05, 0.1) is 43.5 Å². The minimum absolute atomic E-state index is 0.0852. The van der Waals surface area contributed by atoms with Crippen molar-refractivity contribution in [1.29, 1.82) is 0 Å². The number of ketones is 1. The van der Waals surface area contributed by atoms with Crippen molar-refractivity contribution in [3.05, 3.63) is 82.4 Å². The summed E-state index contributed by atoms with van der Waals surface area (Å²) in [6.45, 7) is 5.80. The van der Waals surface area contributed by atoms with E-state index in [-0.39, 0.29) is 21.9 Å². The highest BCUT2D eigenvalue weighted by Crippen LogP contribution is 2.45. The fourth-order valence-electron chi connectivity index (χ4n) is 4.82. The largest absolute Gasteiger partial charge is 0.507 e. The minimum Gasteiger partial charge on any atom is -0.507 e. The Kier molecular flexibility index (Phi) is 8.35. The van der Waals surface area contributed by atoms with Crippen LogP contribution in [0.3, 0.4) is 0 Å². The van der Waals surface area contributed by atoms with Crippen LogP contribution in [-0.2, 0) is 9.59 Å². The predicted molar refractivity (Wildman–Crippen MR) is 152 cm³/mol. The van der Waals surface area contributed by atoms with Crippen molar-refractivity contribution in [2.24, 2.45) is 0 Å². The van der Waals surface area contributed by atoms with Gasteiger partial charge in [-0.2, -0.15) is 0 Å². The number of carbonyl (C=O) groups excluding carboxylic acids is 2. The molecule has 1 saturated heterocycles. The highest BCUT2D eigenvalue weighted by molar-refractivity contribution is 6.51. The molecule has 0 spiro atoms. The van der Waals surface area contributed by atoms with Crippen LogP contribution in [-0.4, -0.2) is 51.2 Å². The molecule has 8 nitrogen and oxygen atoms in total. The first-order chi connectivity index (χ1) is 18.8. The van der Waals surface area contributed by atoms with Crippen molar-refractivity contribution in [3.63, 3.8) is 0 Å². The van der Waals surface area contributed by atoms with Gasteiger partial charge in [-0.05, 0) is 49.7 Å². The number of hydrogen-bond acceptors (Lipinski definition) is 7. The van der Waals surface area contributed by atoms with E-state index in [0.717, 1.165) is 18.8 Å². The second-order valence-electron chi connectivity index (χ2n) is 8.82. The van der Waals surface area contributed by atoms with Gasteiger partial charge in [-0.15, -0.1) is 0 Å². The summed E-state index contributed by atoms with van der Waals surface area (Å²) >= 11 is 6.37. The second-order valence-corrected chi connectivity index (χ2v) is 9.23. The monoisotopic (exact) mass is 550 g/mol. The van der Waals surface area contributed by atoms with E-state index in [9.17, 15) is 14.7 Å². The van der Waals surface area contributed by atoms with E-state index in [1.165, 1.54) is 38.4 Å². The zero-order chi connectivity index (χ0) is 28.3. The van der Waals surface area contributed by atoms with E-state index in [0.29, 0.717) is 22.7 Å². The quantitative estimate of drug-likeness (QED) is 0.203. The van der Waals surface area contributed by atoms with Crippen LogP contribution in [0.1, 0.15) is 31.0 Å². The van der Waals surface area contributed by atoms with Crippen LogP contribution < -0.4 is 24.0 Å². The molecule has 0 aromatic heterocycles. The van der Waals surface area contributed by atoms with Gasteiger partial charge < -0.3 is 24.2 Å². The van der Waals surface area contributed by atoms with Crippen LogP contribution in [0.15, 0.2) is 66.2 Å². The molecule has 4 rings (SSSR count). The molecule has 1 atom stereocenters. The number of amides is 1. The van der Waals surface area contributed by atoms with E-state index in [1.807, 2.05) is 24.3 Å². The number of benzene rings is 3. The maximum absolute atomic E-state index is 13.6. The fourth-order valence-corrected chi connectivity index (χ4v) is 5.06. The van der Waals surface area contributed by atoms with Gasteiger partial charge in [-0.25, -0.2) is 0 Å². The van der Waals surface area contributed by atoms with Crippen LogP contribution in [0.25, 0.3) is 5.76 Å². The number of aliphatic hydroxyl groups is 1. The molecule has 1 fully saturated rings. The maximum atomic E-state index is 13.6. The van der Waals surface area contributed by atoms with E-state index >= 15 is 0 Å². The molecule has 1 N–H and O–H groups in total. The molecule has 1 amide bonds. The van der Waals surface area contributed by atoms with E-state index in [1.54, 1.807) is 24.3 Å². The lowest BCUT2D eigenvalue weighted by molar-refractivity contribution is -0.132. The Bertz CT molecular complexity index is 1420. The summed E-state index contributed by atoms with van der Waals surface area (Å²) in [6.07, 6.45) is 0. The Morgan fingerprint density at radius 2 is 1.59 bits per heavy atom. The number of methoxy groups -OCH3 is 3. The molecule has 9 heteroatoms. The first-order valence-electron chi connectivity index (χ1n) is 12.5. The molecule has 3 aromatic carbocycles. The average molecular weight is 551 g/mol. The van der Waals surface area contributed by atoms with Gasteiger partial charge in [0.2, 0.25) is 0 Å². The third-order valence-electron chi connectivity index (χ3n) is 6.84. The summed E-state index contributed by atoms with van der Waals surface area (Å²) in [5, 5.41) is 11.8. The number of hydrogen-bond donors (Lipinski definition) is 1. The Morgan fingerprint density at radius 1 is 0.923 bits per heavy atom. The summed E-state index contributed by atoms with van der Waals surface area (Å²) in [7, 11) is 4.41. The van der Waals surface area contributed by atoms with Gasteiger partial charge in [-0.3, -0.25) is 14.5 Å². The van der Waals surface area contributed by atoms with Crippen LogP contribution in [0.4, 0.5) is 11.4 Å². The van der Waals surface area contributed by atoms with Gasteiger partial charge in [0.15, 0.2) is 0 Å². The molecule has 0 radical (unpaired) electrons. The molecule has 1 heterocycles. The molecule has 204 valence electrons. The SMILES string of the molecule is CCN(CC)c1ccc(C2/C(=C(\O)c3cc(Cl)c(OC)cc3OC)C(=O)C(=O)N2c2cccc(OC)c2)cc1. The van der Waals surface area contributed by atoms with E-state index in [2.05, 4.69) is 18.7 Å². The smallest absolute Gasteiger partial charge is 0.300 e. The molecular weight excluding hydrogens is 520 g/mol. The standard InChI is InChI=1S/C30H31ClN2O6/c1-6-32(7-2)19-13-11-18(12-14-19)27-26(28(34)22-16-23(31)25(39-5)17-24(22)38-4)29(35)30(36)33(27)20-9-8-10-21(15-20)37-3/h8-17,27,34H,6-7H2,1-5H3/b28-26+. The van der Waals surface area contributed by atoms with Gasteiger partial charge in [0.1, 0.15) is 23.0 Å². The zero-order valence-electron chi connectivity index (χ0n) is 22.5. The van der Waals surface area contributed by atoms with Crippen molar-refractivity contribution in [3.8, 4) is 17.2 Å². The van der Waals surface area contributed by atoms with Gasteiger partial charge >= 0.3 is 0 Å². The number of halogens is 1. The molecule has 39 heavy (non-hydrogen) atoms. The molecule has 1 unspecified atom stereocenters. The molecule has 0 bridgehead atoms. The summed E-state index contributed by atoms with van der Waals surface area (Å²) < 4.78 is 16.1. The van der Waals surface area contributed by atoms with Crippen molar-refractivity contribution >= 4 is 40.4 Å². The van der Waals surface area contributed by atoms with Crippen molar-refractivity contribution in [2.75, 3.05) is 44.2 Å². The third-order valence-corrected chi connectivity index (χ3v) is 7.14. The highest BCUT2D eigenvalue weighted by atomic mass is 35.5. The number of ether oxygens (including phenoxy) is 3. The number of Topliss-reactive ketones (excluding diaryl/α,β-unsaturated/α-hetero) is 1. The third kappa shape index (κ3) is 5.12. The summed E-state index contributed by atoms with van der Waals surface area (Å²) in [5.74, 6) is -0.919. The fraction of sp³-hybridized carbons (Fsp3) is 0.267. The average Bonchev–Trinajstić information content (AvgIpc) is 3.23. The first-order valence-corrected chi connectivity index (χ1v) is 12.9. The van der Waals surface area contributed by atoms with Crippen molar-refractivity contribution in [1.82, 2.24) is 0 Å². The Morgan fingerprint density at radius 3 is 2.18 bits per heavy atom. The van der Waals surface area contributed by atoms with Crippen LogP contribution in [0, 0.1) is 0 Å². The molecule has 1 aliphatic heterocycles. The zero-order valence-corrected chi connectivity index (χ0v) is 23.3. The van der Waals surface area contributed by atoms with Gasteiger partial charge in [0, 0.05) is 36.6 Å². The summed E-state index contributed by atoms with van der Waals surface area (Å²) in [6, 6.07) is 16.5. The van der Waals surface area contributed by atoms with Crippen molar-refractivity contribution < 1.29 is 28.9 Å². The Balaban J connectivity index is 1.96. The Labute approximate surface area is 233 Å². The van der Waals surface area contributed by atoms with Gasteiger partial charge in [0.25, 0.3) is 11.7 Å². The molecule has 3 aromatic rings. The first kappa shape index (κ1) is 27.9. The molecule has 0 saturated carbocycles. The summed E-state index contributed by atoms with van der Waals surface area (Å²) in [4.78, 5) is 30.7. The topological polar surface area (TPSA) is 88.5 Å². The Hall–Kier alpha value is -4.17. The number of carbonyl (C=O) groups is 2. The minimum atomic E-state index is -0.923.